The van der Waals surface area contributed by atoms with E-state index >= 15 is 0 Å². The zero-order valence-electron chi connectivity index (χ0n) is 9.69. The van der Waals surface area contributed by atoms with E-state index in [1.807, 2.05) is 0 Å². The maximum atomic E-state index is 11.4. The van der Waals surface area contributed by atoms with E-state index in [0.29, 0.717) is 11.5 Å². The molecular weight excluding hydrogens is 226 g/mol. The van der Waals surface area contributed by atoms with Crippen LogP contribution >= 0.6 is 0 Å². The number of aryl methyl sites for hydroxylation is 2. The summed E-state index contributed by atoms with van der Waals surface area (Å²) in [5, 5.41) is 14.8. The summed E-state index contributed by atoms with van der Waals surface area (Å²) in [4.78, 5) is 21.8. The van der Waals surface area contributed by atoms with Gasteiger partial charge in [-0.3, -0.25) is 9.59 Å². The number of hydrogen-bond acceptors (Lipinski definition) is 5. The second kappa shape index (κ2) is 5.44. The Kier molecular flexibility index (Phi) is 4.22. The highest BCUT2D eigenvalue weighted by atomic mass is 16.5. The number of aromatic nitrogens is 1. The fraction of sp³-hybridized carbons (Fsp3) is 0.500. The molecule has 0 spiro atoms. The van der Waals surface area contributed by atoms with Crippen LogP contribution in [-0.4, -0.2) is 28.2 Å². The van der Waals surface area contributed by atoms with Gasteiger partial charge < -0.3 is 20.7 Å². The van der Waals surface area contributed by atoms with Crippen LogP contribution in [-0.2, 0) is 16.1 Å². The third-order valence-corrected chi connectivity index (χ3v) is 2.35. The van der Waals surface area contributed by atoms with E-state index in [9.17, 15) is 9.59 Å². The largest absolute Gasteiger partial charge is 0.481 e. The molecule has 0 aliphatic carbocycles. The fourth-order valence-corrected chi connectivity index (χ4v) is 1.34. The van der Waals surface area contributed by atoms with Gasteiger partial charge in [-0.2, -0.15) is 0 Å². The maximum absolute atomic E-state index is 11.4. The van der Waals surface area contributed by atoms with E-state index < -0.39 is 24.3 Å². The van der Waals surface area contributed by atoms with Crippen LogP contribution in [0.3, 0.4) is 0 Å². The Labute approximate surface area is 98.0 Å². The summed E-state index contributed by atoms with van der Waals surface area (Å²) in [5.41, 5.74) is 6.87. The molecule has 17 heavy (non-hydrogen) atoms. The predicted octanol–water partition coefficient (Wildman–Crippen LogP) is -0.290. The number of amides is 1. The molecule has 1 amide bonds. The SMILES string of the molecule is Cc1noc(C)c1CNC(=O)C(N)CC(=O)O. The Bertz CT molecular complexity index is 408. The molecule has 0 radical (unpaired) electrons. The van der Waals surface area contributed by atoms with E-state index in [0.717, 1.165) is 5.56 Å². The summed E-state index contributed by atoms with van der Waals surface area (Å²) in [5.74, 6) is -0.994. The minimum absolute atomic E-state index is 0.229. The van der Waals surface area contributed by atoms with Crippen molar-refractivity contribution in [3.05, 3.63) is 17.0 Å². The number of nitrogens with two attached hydrogens (primary N) is 1. The van der Waals surface area contributed by atoms with Gasteiger partial charge >= 0.3 is 5.97 Å². The Morgan fingerprint density at radius 1 is 1.53 bits per heavy atom. The first-order valence-electron chi connectivity index (χ1n) is 5.08. The summed E-state index contributed by atoms with van der Waals surface area (Å²) in [6.45, 7) is 3.72. The molecule has 1 rings (SSSR count). The van der Waals surface area contributed by atoms with Gasteiger partial charge in [0.05, 0.1) is 18.2 Å². The van der Waals surface area contributed by atoms with E-state index in [2.05, 4.69) is 10.5 Å². The lowest BCUT2D eigenvalue weighted by atomic mass is 10.2. The summed E-state index contributed by atoms with van der Waals surface area (Å²) < 4.78 is 4.93. The molecule has 1 atom stereocenters. The average molecular weight is 241 g/mol. The minimum atomic E-state index is -1.11. The van der Waals surface area contributed by atoms with Gasteiger partial charge in [0.2, 0.25) is 5.91 Å². The standard InChI is InChI=1S/C10H15N3O4/c1-5-7(6(2)17-13-5)4-12-10(16)8(11)3-9(14)15/h8H,3-4,11H2,1-2H3,(H,12,16)(H,14,15). The number of carboxylic acid groups (broad SMARTS) is 1. The van der Waals surface area contributed by atoms with Crippen molar-refractivity contribution >= 4 is 11.9 Å². The third-order valence-electron chi connectivity index (χ3n) is 2.35. The van der Waals surface area contributed by atoms with Crippen molar-refractivity contribution in [2.24, 2.45) is 5.73 Å². The molecule has 0 aliphatic heterocycles. The Morgan fingerprint density at radius 2 is 2.18 bits per heavy atom. The lowest BCUT2D eigenvalue weighted by Crippen LogP contribution is -2.41. The van der Waals surface area contributed by atoms with Gasteiger partial charge in [0.25, 0.3) is 0 Å². The lowest BCUT2D eigenvalue weighted by Gasteiger charge is -2.09. The molecule has 1 aromatic heterocycles. The third kappa shape index (κ3) is 3.56. The van der Waals surface area contributed by atoms with Crippen LogP contribution in [0.15, 0.2) is 4.52 Å². The summed E-state index contributed by atoms with van der Waals surface area (Å²) in [7, 11) is 0. The molecule has 0 fully saturated rings. The van der Waals surface area contributed by atoms with Gasteiger partial charge in [0, 0.05) is 12.1 Å². The fourth-order valence-electron chi connectivity index (χ4n) is 1.34. The maximum Gasteiger partial charge on any atom is 0.305 e. The molecule has 0 bridgehead atoms. The molecule has 0 aliphatic rings. The molecule has 7 heteroatoms. The van der Waals surface area contributed by atoms with Crippen LogP contribution in [0.1, 0.15) is 23.4 Å². The molecule has 7 nitrogen and oxygen atoms in total. The van der Waals surface area contributed by atoms with Gasteiger partial charge in [-0.1, -0.05) is 5.16 Å². The van der Waals surface area contributed by atoms with Gasteiger partial charge in [-0.15, -0.1) is 0 Å². The van der Waals surface area contributed by atoms with E-state index in [-0.39, 0.29) is 6.54 Å². The minimum Gasteiger partial charge on any atom is -0.481 e. The first kappa shape index (κ1) is 13.2. The number of aliphatic carboxylic acids is 1. The number of nitrogens with zero attached hydrogens (tertiary/aromatic N) is 1. The molecule has 0 saturated heterocycles. The van der Waals surface area contributed by atoms with Crippen LogP contribution in [0, 0.1) is 13.8 Å². The van der Waals surface area contributed by atoms with E-state index in [1.165, 1.54) is 0 Å². The topological polar surface area (TPSA) is 118 Å². The molecule has 1 aromatic rings. The van der Waals surface area contributed by atoms with Crippen molar-refractivity contribution in [2.75, 3.05) is 0 Å². The first-order valence-corrected chi connectivity index (χ1v) is 5.08. The van der Waals surface area contributed by atoms with Crippen LogP contribution in [0.2, 0.25) is 0 Å². The highest BCUT2D eigenvalue weighted by Gasteiger charge is 2.18. The van der Waals surface area contributed by atoms with Gasteiger partial charge in [-0.05, 0) is 13.8 Å². The second-order valence-corrected chi connectivity index (χ2v) is 3.72. The highest BCUT2D eigenvalue weighted by molar-refractivity contribution is 5.85. The van der Waals surface area contributed by atoms with Crippen molar-refractivity contribution in [3.63, 3.8) is 0 Å². The molecule has 1 unspecified atom stereocenters. The summed E-state index contributed by atoms with van der Waals surface area (Å²) >= 11 is 0. The number of nitrogens with one attached hydrogen (secondary N) is 1. The molecule has 94 valence electrons. The number of carbonyl (C=O) groups excluding carboxylic acids is 1. The first-order chi connectivity index (χ1) is 7.91. The normalized spacial score (nSPS) is 12.2. The van der Waals surface area contributed by atoms with E-state index in [4.69, 9.17) is 15.4 Å². The Balaban J connectivity index is 2.51. The molecule has 0 saturated carbocycles. The monoisotopic (exact) mass is 241 g/mol. The van der Waals surface area contributed by atoms with Crippen molar-refractivity contribution in [2.45, 2.75) is 32.9 Å². The van der Waals surface area contributed by atoms with Crippen LogP contribution in [0.25, 0.3) is 0 Å². The van der Waals surface area contributed by atoms with Crippen LogP contribution < -0.4 is 11.1 Å². The van der Waals surface area contributed by atoms with Gasteiger partial charge in [0.1, 0.15) is 5.76 Å². The molecule has 0 aromatic carbocycles. The Morgan fingerprint density at radius 3 is 2.65 bits per heavy atom. The van der Waals surface area contributed by atoms with Crippen LogP contribution in [0.4, 0.5) is 0 Å². The zero-order chi connectivity index (χ0) is 13.0. The molecule has 4 N–H and O–H groups in total. The zero-order valence-corrected chi connectivity index (χ0v) is 9.69. The smallest absolute Gasteiger partial charge is 0.305 e. The van der Waals surface area contributed by atoms with Crippen LogP contribution in [0.5, 0.6) is 0 Å². The van der Waals surface area contributed by atoms with Crippen molar-refractivity contribution in [1.82, 2.24) is 10.5 Å². The molecule has 1 heterocycles. The van der Waals surface area contributed by atoms with Crippen molar-refractivity contribution in [3.8, 4) is 0 Å². The number of hydrogen-bond donors (Lipinski definition) is 3. The quantitative estimate of drug-likeness (QED) is 0.651. The highest BCUT2D eigenvalue weighted by Crippen LogP contribution is 2.11. The van der Waals surface area contributed by atoms with Gasteiger partial charge in [0.15, 0.2) is 0 Å². The van der Waals surface area contributed by atoms with Gasteiger partial charge in [-0.25, -0.2) is 0 Å². The Hall–Kier alpha value is -1.89. The second-order valence-electron chi connectivity index (χ2n) is 3.72. The average Bonchev–Trinajstić information content (AvgIpc) is 2.54. The van der Waals surface area contributed by atoms with E-state index in [1.54, 1.807) is 13.8 Å². The number of rotatable bonds is 5. The number of carbonyl (C=O) groups is 2. The molecular formula is C10H15N3O4. The lowest BCUT2D eigenvalue weighted by molar-refractivity contribution is -0.139. The summed E-state index contributed by atoms with van der Waals surface area (Å²) in [6.07, 6.45) is -0.395. The van der Waals surface area contributed by atoms with Crippen molar-refractivity contribution in [1.29, 1.82) is 0 Å². The predicted molar refractivity (Wildman–Crippen MR) is 58.1 cm³/mol. The summed E-state index contributed by atoms with van der Waals surface area (Å²) in [6, 6.07) is -1.05. The number of carboxylic acids is 1. The van der Waals surface area contributed by atoms with Crippen molar-refractivity contribution < 1.29 is 19.2 Å².